The monoisotopic (exact) mass is 419 g/mol. The van der Waals surface area contributed by atoms with Crippen LogP contribution >= 0.6 is 11.3 Å². The Balaban J connectivity index is 2.02. The summed E-state index contributed by atoms with van der Waals surface area (Å²) in [5.74, 6) is 0.213. The summed E-state index contributed by atoms with van der Waals surface area (Å²) in [6.07, 6.45) is 2.09. The zero-order valence-corrected chi connectivity index (χ0v) is 17.8. The van der Waals surface area contributed by atoms with E-state index in [1.54, 1.807) is 10.6 Å². The summed E-state index contributed by atoms with van der Waals surface area (Å²) in [5, 5.41) is 2.52. The fourth-order valence-electron chi connectivity index (χ4n) is 3.79. The number of isocyanates is 1. The maximum absolute atomic E-state index is 12.9. The fourth-order valence-corrected chi connectivity index (χ4v) is 5.05. The molecule has 0 radical (unpaired) electrons. The number of nitrogens with zero attached hydrogens (tertiary/aromatic N) is 3. The topological polar surface area (TPSA) is 73.4 Å². The van der Waals surface area contributed by atoms with E-state index in [0.717, 1.165) is 25.8 Å². The first kappa shape index (κ1) is 20.0. The van der Waals surface area contributed by atoms with Crippen LogP contribution in [0.4, 0.5) is 5.69 Å². The van der Waals surface area contributed by atoms with E-state index in [0.29, 0.717) is 28.9 Å². The molecule has 4 aromatic rings. The number of aromatic nitrogens is 2. The van der Waals surface area contributed by atoms with Gasteiger partial charge in [0.1, 0.15) is 15.9 Å². The van der Waals surface area contributed by atoms with Crippen LogP contribution in [0.1, 0.15) is 24.3 Å². The molecule has 152 valence electrons. The largest absolute Gasteiger partial charge is 0.331 e. The molecule has 4 rings (SSSR count). The number of aliphatic imine (C=N–C) groups is 1. The molecule has 0 fully saturated rings. The molecule has 2 heterocycles. The average Bonchev–Trinajstić information content (AvgIpc) is 3.08. The molecule has 2 aromatic carbocycles. The molecular formula is C23H21N3O3S. The Morgan fingerprint density at radius 2 is 1.83 bits per heavy atom. The van der Waals surface area contributed by atoms with Gasteiger partial charge in [-0.05, 0) is 22.3 Å². The third-order valence-corrected chi connectivity index (χ3v) is 6.35. The van der Waals surface area contributed by atoms with E-state index in [1.807, 2.05) is 56.3 Å². The smallest absolute Gasteiger partial charge is 0.284 e. The standard InChI is InChI=1S/C23H21N3O3S/c1-14(2)12-26-22-19(21(28)25(3)23(26)29)20(24-13-27)18(30-22)11-16-9-6-8-15-7-4-5-10-17(15)16/h4-10,14H,11-12H2,1-3H3. The Morgan fingerprint density at radius 3 is 2.57 bits per heavy atom. The summed E-state index contributed by atoms with van der Waals surface area (Å²) in [6, 6.07) is 14.1. The molecule has 0 bridgehead atoms. The van der Waals surface area contributed by atoms with Crippen molar-refractivity contribution in [2.75, 3.05) is 0 Å². The second-order valence-corrected chi connectivity index (χ2v) is 8.81. The predicted molar refractivity (Wildman–Crippen MR) is 121 cm³/mol. The van der Waals surface area contributed by atoms with Gasteiger partial charge < -0.3 is 0 Å². The first-order valence-corrected chi connectivity index (χ1v) is 10.5. The highest BCUT2D eigenvalue weighted by molar-refractivity contribution is 7.19. The average molecular weight is 420 g/mol. The highest BCUT2D eigenvalue weighted by Gasteiger charge is 2.22. The van der Waals surface area contributed by atoms with Gasteiger partial charge in [-0.2, -0.15) is 4.99 Å². The number of thiophene rings is 1. The third-order valence-electron chi connectivity index (χ3n) is 5.15. The lowest BCUT2D eigenvalue weighted by atomic mass is 10.0. The second kappa shape index (κ2) is 7.86. The molecule has 7 heteroatoms. The van der Waals surface area contributed by atoms with Crippen LogP contribution in [-0.2, 0) is 24.8 Å². The van der Waals surface area contributed by atoms with Crippen molar-refractivity contribution in [2.45, 2.75) is 26.8 Å². The van der Waals surface area contributed by atoms with Crippen molar-refractivity contribution in [1.29, 1.82) is 0 Å². The van der Waals surface area contributed by atoms with Crippen LogP contribution in [0.15, 0.2) is 57.0 Å². The van der Waals surface area contributed by atoms with Gasteiger partial charge in [-0.3, -0.25) is 13.9 Å². The van der Waals surface area contributed by atoms with Gasteiger partial charge in [-0.25, -0.2) is 9.59 Å². The minimum Gasteiger partial charge on any atom is -0.284 e. The quantitative estimate of drug-likeness (QED) is 0.361. The van der Waals surface area contributed by atoms with E-state index in [9.17, 15) is 14.4 Å². The molecule has 30 heavy (non-hydrogen) atoms. The zero-order chi connectivity index (χ0) is 21.4. The van der Waals surface area contributed by atoms with Crippen LogP contribution in [0.2, 0.25) is 0 Å². The summed E-state index contributed by atoms with van der Waals surface area (Å²) < 4.78 is 2.70. The van der Waals surface area contributed by atoms with Crippen molar-refractivity contribution in [3.05, 3.63) is 73.7 Å². The maximum Gasteiger partial charge on any atom is 0.331 e. The maximum atomic E-state index is 12.9. The van der Waals surface area contributed by atoms with Gasteiger partial charge in [0.25, 0.3) is 5.56 Å². The zero-order valence-electron chi connectivity index (χ0n) is 17.0. The minimum atomic E-state index is -0.440. The molecule has 0 aliphatic rings. The van der Waals surface area contributed by atoms with Crippen LogP contribution in [0, 0.1) is 5.92 Å². The van der Waals surface area contributed by atoms with E-state index in [4.69, 9.17) is 0 Å². The number of fused-ring (bicyclic) bond motifs is 2. The number of benzene rings is 2. The summed E-state index contributed by atoms with van der Waals surface area (Å²) in [6.45, 7) is 4.50. The Labute approximate surface area is 176 Å². The van der Waals surface area contributed by atoms with E-state index in [-0.39, 0.29) is 11.6 Å². The number of hydrogen-bond acceptors (Lipinski definition) is 5. The molecule has 0 saturated heterocycles. The Kier molecular flexibility index (Phi) is 5.24. The van der Waals surface area contributed by atoms with Gasteiger partial charge in [-0.1, -0.05) is 56.3 Å². The minimum absolute atomic E-state index is 0.213. The van der Waals surface area contributed by atoms with Crippen LogP contribution in [0.5, 0.6) is 0 Å². The van der Waals surface area contributed by atoms with Gasteiger partial charge in [0, 0.05) is 24.9 Å². The van der Waals surface area contributed by atoms with Crippen molar-refractivity contribution in [1.82, 2.24) is 9.13 Å². The van der Waals surface area contributed by atoms with Crippen molar-refractivity contribution in [3.63, 3.8) is 0 Å². The number of carbonyl (C=O) groups excluding carboxylic acids is 1. The van der Waals surface area contributed by atoms with Crippen molar-refractivity contribution < 1.29 is 4.79 Å². The van der Waals surface area contributed by atoms with Gasteiger partial charge in [-0.15, -0.1) is 11.3 Å². The molecule has 0 aliphatic heterocycles. The molecular weight excluding hydrogens is 398 g/mol. The first-order valence-electron chi connectivity index (χ1n) is 9.72. The lowest BCUT2D eigenvalue weighted by Crippen LogP contribution is -2.38. The molecule has 2 aromatic heterocycles. The summed E-state index contributed by atoms with van der Waals surface area (Å²) in [5.41, 5.74) is 0.581. The molecule has 0 spiro atoms. The molecule has 0 atom stereocenters. The van der Waals surface area contributed by atoms with Gasteiger partial charge in [0.05, 0.1) is 0 Å². The summed E-state index contributed by atoms with van der Waals surface area (Å²) >= 11 is 1.35. The molecule has 0 aliphatic carbocycles. The van der Waals surface area contributed by atoms with Crippen molar-refractivity contribution in [3.8, 4) is 0 Å². The van der Waals surface area contributed by atoms with Crippen LogP contribution in [0.3, 0.4) is 0 Å². The van der Waals surface area contributed by atoms with Crippen LogP contribution in [0.25, 0.3) is 21.0 Å². The highest BCUT2D eigenvalue weighted by Crippen LogP contribution is 2.37. The van der Waals surface area contributed by atoms with Gasteiger partial charge in [0.2, 0.25) is 6.08 Å². The lowest BCUT2D eigenvalue weighted by molar-refractivity contribution is 0.504. The number of rotatable bonds is 5. The second-order valence-electron chi connectivity index (χ2n) is 7.72. The molecule has 0 amide bonds. The predicted octanol–water partition coefficient (Wildman–Crippen LogP) is 4.13. The Hall–Kier alpha value is -3.28. The van der Waals surface area contributed by atoms with Crippen LogP contribution in [-0.4, -0.2) is 15.2 Å². The van der Waals surface area contributed by atoms with Gasteiger partial charge >= 0.3 is 5.69 Å². The van der Waals surface area contributed by atoms with Gasteiger partial charge in [0.15, 0.2) is 0 Å². The summed E-state index contributed by atoms with van der Waals surface area (Å²) in [7, 11) is 1.46. The third kappa shape index (κ3) is 3.32. The lowest BCUT2D eigenvalue weighted by Gasteiger charge is -2.11. The fraction of sp³-hybridized carbons (Fsp3) is 0.261. The van der Waals surface area contributed by atoms with E-state index in [1.165, 1.54) is 18.4 Å². The van der Waals surface area contributed by atoms with E-state index in [2.05, 4.69) is 4.99 Å². The van der Waals surface area contributed by atoms with E-state index < -0.39 is 5.56 Å². The van der Waals surface area contributed by atoms with Crippen LogP contribution < -0.4 is 11.2 Å². The normalized spacial score (nSPS) is 11.3. The van der Waals surface area contributed by atoms with Crippen molar-refractivity contribution in [2.24, 2.45) is 18.0 Å². The SMILES string of the molecule is CC(C)Cn1c(=O)n(C)c(=O)c2c(N=C=O)c(Cc3cccc4ccccc34)sc21. The van der Waals surface area contributed by atoms with Crippen molar-refractivity contribution >= 4 is 44.1 Å². The highest BCUT2D eigenvalue weighted by atomic mass is 32.1. The molecule has 0 saturated carbocycles. The van der Waals surface area contributed by atoms with E-state index >= 15 is 0 Å². The first-order chi connectivity index (χ1) is 14.4. The Bertz CT molecular complexity index is 1430. The molecule has 6 nitrogen and oxygen atoms in total. The summed E-state index contributed by atoms with van der Waals surface area (Å²) in [4.78, 5) is 42.1. The molecule has 0 unspecified atom stereocenters. The Morgan fingerprint density at radius 1 is 1.10 bits per heavy atom. The molecule has 0 N–H and O–H groups in total. The number of hydrogen-bond donors (Lipinski definition) is 0.